The molecule has 0 saturated carbocycles. The topological polar surface area (TPSA) is 69.8 Å². The molecule has 0 aliphatic heterocycles. The summed E-state index contributed by atoms with van der Waals surface area (Å²) in [6.45, 7) is 0.629. The highest BCUT2D eigenvalue weighted by atomic mass is 19.1. The minimum Gasteiger partial charge on any atom is -0.493 e. The maximum Gasteiger partial charge on any atom is 0.350 e. The zero-order valence-electron chi connectivity index (χ0n) is 13.3. The van der Waals surface area contributed by atoms with Crippen LogP contribution in [0.25, 0.3) is 5.65 Å². The average molecular weight is 332 g/mol. The highest BCUT2D eigenvalue weighted by molar-refractivity contribution is 5.55. The molecule has 8 heteroatoms. The molecule has 1 N–H and O–H groups in total. The van der Waals surface area contributed by atoms with E-state index >= 15 is 0 Å². The van der Waals surface area contributed by atoms with Crippen LogP contribution < -0.4 is 20.5 Å². The molecule has 3 aromatic rings. The highest BCUT2D eigenvalue weighted by Crippen LogP contribution is 2.32. The summed E-state index contributed by atoms with van der Waals surface area (Å²) in [5.74, 6) is 0.276. The van der Waals surface area contributed by atoms with Gasteiger partial charge in [-0.2, -0.15) is 0 Å². The molecular weight excluding hydrogens is 315 g/mol. The predicted molar refractivity (Wildman–Crippen MR) is 87.4 cm³/mol. The molecule has 0 fully saturated rings. The van der Waals surface area contributed by atoms with Gasteiger partial charge >= 0.3 is 5.69 Å². The Labute approximate surface area is 137 Å². The minimum absolute atomic E-state index is 0.236. The number of hydrogen-bond donors (Lipinski definition) is 1. The maximum absolute atomic E-state index is 14.0. The van der Waals surface area contributed by atoms with Gasteiger partial charge in [0.15, 0.2) is 17.1 Å². The Kier molecular flexibility index (Phi) is 4.37. The van der Waals surface area contributed by atoms with Crippen LogP contribution in [0.1, 0.15) is 0 Å². The number of rotatable bonds is 6. The van der Waals surface area contributed by atoms with E-state index in [9.17, 15) is 9.18 Å². The van der Waals surface area contributed by atoms with Gasteiger partial charge in [-0.3, -0.25) is 4.40 Å². The molecule has 24 heavy (non-hydrogen) atoms. The molecule has 0 spiro atoms. The number of methoxy groups -OCH3 is 2. The summed E-state index contributed by atoms with van der Waals surface area (Å²) in [6.07, 6.45) is 1.66. The first kappa shape index (κ1) is 15.9. The molecule has 0 bridgehead atoms. The summed E-state index contributed by atoms with van der Waals surface area (Å²) in [4.78, 5) is 12.1. The van der Waals surface area contributed by atoms with Crippen molar-refractivity contribution in [1.29, 1.82) is 0 Å². The van der Waals surface area contributed by atoms with E-state index in [1.54, 1.807) is 18.3 Å². The number of aromatic nitrogens is 3. The Hall–Kier alpha value is -3.03. The molecule has 2 heterocycles. The molecule has 0 atom stereocenters. The summed E-state index contributed by atoms with van der Waals surface area (Å²) in [7, 11) is 2.93. The summed E-state index contributed by atoms with van der Waals surface area (Å²) in [5.41, 5.74) is 0.601. The fourth-order valence-corrected chi connectivity index (χ4v) is 2.40. The van der Waals surface area contributed by atoms with Gasteiger partial charge in [0, 0.05) is 24.9 Å². The van der Waals surface area contributed by atoms with Gasteiger partial charge in [-0.1, -0.05) is 6.07 Å². The lowest BCUT2D eigenvalue weighted by molar-refractivity contribution is 0.352. The van der Waals surface area contributed by atoms with Crippen molar-refractivity contribution in [3.05, 3.63) is 52.8 Å². The minimum atomic E-state index is -0.463. The second kappa shape index (κ2) is 6.61. The van der Waals surface area contributed by atoms with Crippen LogP contribution in [0, 0.1) is 5.82 Å². The first-order valence-corrected chi connectivity index (χ1v) is 7.33. The molecule has 3 rings (SSSR count). The van der Waals surface area contributed by atoms with Crippen molar-refractivity contribution in [2.75, 3.05) is 26.1 Å². The van der Waals surface area contributed by atoms with Crippen LogP contribution in [0.2, 0.25) is 0 Å². The molecule has 0 amide bonds. The summed E-state index contributed by atoms with van der Waals surface area (Å²) in [6, 6.07) is 8.08. The second-order valence-corrected chi connectivity index (χ2v) is 5.05. The summed E-state index contributed by atoms with van der Waals surface area (Å²) in [5, 5.41) is 7.16. The van der Waals surface area contributed by atoms with E-state index in [0.717, 1.165) is 0 Å². The Morgan fingerprint density at radius 2 is 1.96 bits per heavy atom. The second-order valence-electron chi connectivity index (χ2n) is 5.05. The van der Waals surface area contributed by atoms with Crippen LogP contribution in [-0.4, -0.2) is 34.9 Å². The molecule has 0 unspecified atom stereocenters. The van der Waals surface area contributed by atoms with E-state index in [0.29, 0.717) is 30.2 Å². The van der Waals surface area contributed by atoms with E-state index in [4.69, 9.17) is 9.47 Å². The molecule has 2 aromatic heterocycles. The van der Waals surface area contributed by atoms with Crippen LogP contribution in [0.5, 0.6) is 11.5 Å². The number of nitrogens with zero attached hydrogens (tertiary/aromatic N) is 3. The quantitative estimate of drug-likeness (QED) is 0.745. The largest absolute Gasteiger partial charge is 0.493 e. The molecule has 0 radical (unpaired) electrons. The van der Waals surface area contributed by atoms with Gasteiger partial charge in [-0.25, -0.2) is 13.9 Å². The number of benzene rings is 1. The van der Waals surface area contributed by atoms with Gasteiger partial charge in [0.1, 0.15) is 5.82 Å². The van der Waals surface area contributed by atoms with Crippen molar-refractivity contribution in [3.8, 4) is 11.5 Å². The number of halogens is 1. The van der Waals surface area contributed by atoms with Gasteiger partial charge < -0.3 is 14.8 Å². The standard InChI is InChI=1S/C16H17FN4O3/c1-23-13-9-11(17)12(10-14(13)24-2)18-6-8-21-16(22)20-7-4-3-5-15(20)19-21/h3-5,7,9-10,18H,6,8H2,1-2H3. The molecule has 1 aromatic carbocycles. The van der Waals surface area contributed by atoms with Crippen molar-refractivity contribution in [3.63, 3.8) is 0 Å². The molecule has 0 saturated heterocycles. The van der Waals surface area contributed by atoms with Crippen molar-refractivity contribution in [2.45, 2.75) is 6.54 Å². The maximum atomic E-state index is 14.0. The SMILES string of the molecule is COc1cc(F)c(NCCn2nc3ccccn3c2=O)cc1OC. The van der Waals surface area contributed by atoms with Crippen molar-refractivity contribution < 1.29 is 13.9 Å². The van der Waals surface area contributed by atoms with Crippen LogP contribution in [-0.2, 0) is 6.54 Å². The van der Waals surface area contributed by atoms with E-state index in [1.165, 1.54) is 35.4 Å². The van der Waals surface area contributed by atoms with E-state index in [-0.39, 0.29) is 11.4 Å². The lowest BCUT2D eigenvalue weighted by atomic mass is 10.2. The number of anilines is 1. The number of hydrogen-bond acceptors (Lipinski definition) is 5. The number of ether oxygens (including phenoxy) is 2. The third kappa shape index (κ3) is 2.90. The molecule has 0 aliphatic carbocycles. The smallest absolute Gasteiger partial charge is 0.350 e. The van der Waals surface area contributed by atoms with Gasteiger partial charge in [-0.05, 0) is 12.1 Å². The summed E-state index contributed by atoms with van der Waals surface area (Å²) >= 11 is 0. The zero-order valence-corrected chi connectivity index (χ0v) is 13.3. The number of nitrogens with one attached hydrogen (secondary N) is 1. The fraction of sp³-hybridized carbons (Fsp3) is 0.250. The van der Waals surface area contributed by atoms with Gasteiger partial charge in [0.05, 0.1) is 26.5 Å². The Balaban J connectivity index is 1.74. The van der Waals surface area contributed by atoms with Gasteiger partial charge in [0.25, 0.3) is 0 Å². The first-order chi connectivity index (χ1) is 11.6. The predicted octanol–water partition coefficient (Wildman–Crippen LogP) is 1.76. The van der Waals surface area contributed by atoms with E-state index < -0.39 is 5.82 Å². The van der Waals surface area contributed by atoms with Crippen LogP contribution >= 0.6 is 0 Å². The third-order valence-electron chi connectivity index (χ3n) is 3.60. The fourth-order valence-electron chi connectivity index (χ4n) is 2.40. The van der Waals surface area contributed by atoms with Crippen molar-refractivity contribution >= 4 is 11.3 Å². The normalized spacial score (nSPS) is 10.8. The Morgan fingerprint density at radius 3 is 2.67 bits per heavy atom. The lowest BCUT2D eigenvalue weighted by Gasteiger charge is -2.12. The first-order valence-electron chi connectivity index (χ1n) is 7.33. The molecule has 7 nitrogen and oxygen atoms in total. The number of pyridine rings is 1. The van der Waals surface area contributed by atoms with E-state index in [2.05, 4.69) is 10.4 Å². The van der Waals surface area contributed by atoms with Crippen LogP contribution in [0.4, 0.5) is 10.1 Å². The van der Waals surface area contributed by atoms with E-state index in [1.807, 2.05) is 6.07 Å². The van der Waals surface area contributed by atoms with Gasteiger partial charge in [0.2, 0.25) is 0 Å². The lowest BCUT2D eigenvalue weighted by Crippen LogP contribution is -2.24. The Morgan fingerprint density at radius 1 is 1.21 bits per heavy atom. The monoisotopic (exact) mass is 332 g/mol. The molecular formula is C16H17FN4O3. The Bertz CT molecular complexity index is 919. The number of fused-ring (bicyclic) bond motifs is 1. The van der Waals surface area contributed by atoms with Crippen LogP contribution in [0.15, 0.2) is 41.3 Å². The van der Waals surface area contributed by atoms with Crippen LogP contribution in [0.3, 0.4) is 0 Å². The molecule has 126 valence electrons. The summed E-state index contributed by atoms with van der Waals surface area (Å²) < 4.78 is 27.0. The third-order valence-corrected chi connectivity index (χ3v) is 3.60. The average Bonchev–Trinajstić information content (AvgIpc) is 2.92. The van der Waals surface area contributed by atoms with Crippen molar-refractivity contribution in [2.24, 2.45) is 0 Å². The molecule has 0 aliphatic rings. The highest BCUT2D eigenvalue weighted by Gasteiger charge is 2.11. The van der Waals surface area contributed by atoms with Gasteiger partial charge in [-0.15, -0.1) is 5.10 Å². The zero-order chi connectivity index (χ0) is 17.1. The van der Waals surface area contributed by atoms with Crippen molar-refractivity contribution in [1.82, 2.24) is 14.2 Å².